The number of nitro groups is 1. The van der Waals surface area contributed by atoms with Gasteiger partial charge in [0.05, 0.1) is 22.7 Å². The lowest BCUT2D eigenvalue weighted by atomic mass is 9.97. The largest absolute Gasteiger partial charge is 0.462 e. The van der Waals surface area contributed by atoms with Crippen molar-refractivity contribution < 1.29 is 27.6 Å². The van der Waals surface area contributed by atoms with Crippen molar-refractivity contribution in [2.45, 2.75) is 13.1 Å². The number of alkyl halides is 3. The second kappa shape index (κ2) is 6.69. The van der Waals surface area contributed by atoms with Crippen molar-refractivity contribution in [1.29, 1.82) is 0 Å². The summed E-state index contributed by atoms with van der Waals surface area (Å²) in [5.41, 5.74) is -1.95. The van der Waals surface area contributed by atoms with Crippen LogP contribution in [0.1, 0.15) is 22.8 Å². The van der Waals surface area contributed by atoms with Gasteiger partial charge < -0.3 is 4.74 Å². The molecule has 0 unspecified atom stereocenters. The summed E-state index contributed by atoms with van der Waals surface area (Å²) < 4.78 is 44.2. The quantitative estimate of drug-likeness (QED) is 0.468. The van der Waals surface area contributed by atoms with Gasteiger partial charge in [-0.15, -0.1) is 0 Å². The highest BCUT2D eigenvalue weighted by molar-refractivity contribution is 5.92. The number of hydrogen-bond donors (Lipinski definition) is 0. The van der Waals surface area contributed by atoms with E-state index in [0.717, 1.165) is 24.3 Å². The maximum atomic E-state index is 13.1. The minimum atomic E-state index is -4.63. The summed E-state index contributed by atoms with van der Waals surface area (Å²) in [6.45, 7) is 1.59. The summed E-state index contributed by atoms with van der Waals surface area (Å²) in [7, 11) is 0. The van der Waals surface area contributed by atoms with Crippen LogP contribution < -0.4 is 0 Å². The van der Waals surface area contributed by atoms with E-state index in [4.69, 9.17) is 4.74 Å². The number of nitro benzene ring substituents is 1. The number of carbonyl (C=O) groups is 1. The Morgan fingerprint density at radius 3 is 2.46 bits per heavy atom. The van der Waals surface area contributed by atoms with Crippen LogP contribution in [-0.4, -0.2) is 17.5 Å². The van der Waals surface area contributed by atoms with E-state index in [1.54, 1.807) is 6.92 Å². The summed E-state index contributed by atoms with van der Waals surface area (Å²) >= 11 is 0. The van der Waals surface area contributed by atoms with Gasteiger partial charge >= 0.3 is 12.1 Å². The SMILES string of the molecule is CCOC(=O)c1cc(-c2ccccc2C(F)(F)F)cc([N+](=O)[O-])c1. The fourth-order valence-corrected chi connectivity index (χ4v) is 2.19. The summed E-state index contributed by atoms with van der Waals surface area (Å²) in [6.07, 6.45) is -4.63. The number of nitrogens with zero attached hydrogens (tertiary/aromatic N) is 1. The van der Waals surface area contributed by atoms with Crippen molar-refractivity contribution in [3.8, 4) is 11.1 Å². The highest BCUT2D eigenvalue weighted by Gasteiger charge is 2.33. The molecular weight excluding hydrogens is 327 g/mol. The van der Waals surface area contributed by atoms with E-state index in [1.807, 2.05) is 0 Å². The molecule has 0 aliphatic heterocycles. The molecule has 0 aliphatic rings. The third kappa shape index (κ3) is 3.70. The van der Waals surface area contributed by atoms with Crippen LogP contribution in [0.4, 0.5) is 18.9 Å². The predicted molar refractivity (Wildman–Crippen MR) is 79.5 cm³/mol. The van der Waals surface area contributed by atoms with E-state index in [-0.39, 0.29) is 23.3 Å². The first-order valence-corrected chi connectivity index (χ1v) is 6.87. The Hall–Kier alpha value is -2.90. The zero-order chi connectivity index (χ0) is 17.9. The first-order valence-electron chi connectivity index (χ1n) is 6.87. The lowest BCUT2D eigenvalue weighted by Gasteiger charge is -2.13. The van der Waals surface area contributed by atoms with E-state index >= 15 is 0 Å². The molecule has 0 fully saturated rings. The Morgan fingerprint density at radius 1 is 1.21 bits per heavy atom. The van der Waals surface area contributed by atoms with Crippen molar-refractivity contribution in [3.63, 3.8) is 0 Å². The molecule has 24 heavy (non-hydrogen) atoms. The first kappa shape index (κ1) is 17.5. The van der Waals surface area contributed by atoms with Crippen molar-refractivity contribution in [2.24, 2.45) is 0 Å². The Bertz CT molecular complexity index is 787. The van der Waals surface area contributed by atoms with Gasteiger partial charge in [0.15, 0.2) is 0 Å². The number of carbonyl (C=O) groups excluding carboxylic acids is 1. The Kier molecular flexibility index (Phi) is 4.87. The van der Waals surface area contributed by atoms with Crippen molar-refractivity contribution in [1.82, 2.24) is 0 Å². The van der Waals surface area contributed by atoms with E-state index in [2.05, 4.69) is 0 Å². The van der Waals surface area contributed by atoms with Gasteiger partial charge in [0.25, 0.3) is 5.69 Å². The molecule has 8 heteroatoms. The molecule has 0 radical (unpaired) electrons. The predicted octanol–water partition coefficient (Wildman–Crippen LogP) is 4.46. The van der Waals surface area contributed by atoms with Crippen LogP contribution in [0, 0.1) is 10.1 Å². The molecule has 0 bridgehead atoms. The highest BCUT2D eigenvalue weighted by atomic mass is 19.4. The molecular formula is C16H12F3NO4. The van der Waals surface area contributed by atoms with E-state index < -0.39 is 28.3 Å². The minimum Gasteiger partial charge on any atom is -0.462 e. The second-order valence-electron chi connectivity index (χ2n) is 4.79. The van der Waals surface area contributed by atoms with Crippen LogP contribution in [0.15, 0.2) is 42.5 Å². The summed E-state index contributed by atoms with van der Waals surface area (Å²) in [5.74, 6) is -0.841. The van der Waals surface area contributed by atoms with Gasteiger partial charge in [-0.05, 0) is 30.2 Å². The maximum absolute atomic E-state index is 13.1. The molecule has 0 N–H and O–H groups in total. The van der Waals surface area contributed by atoms with Crippen molar-refractivity contribution >= 4 is 11.7 Å². The third-order valence-corrected chi connectivity index (χ3v) is 3.18. The summed E-state index contributed by atoms with van der Waals surface area (Å²) in [6, 6.07) is 7.78. The molecule has 5 nitrogen and oxygen atoms in total. The highest BCUT2D eigenvalue weighted by Crippen LogP contribution is 2.38. The smallest absolute Gasteiger partial charge is 0.417 e. The standard InChI is InChI=1S/C16H12F3NO4/c1-2-24-15(21)11-7-10(8-12(9-11)20(22)23)13-5-3-4-6-14(13)16(17,18)19/h3-9H,2H2,1H3. The Balaban J connectivity index is 2.67. The maximum Gasteiger partial charge on any atom is 0.417 e. The van der Waals surface area contributed by atoms with Gasteiger partial charge in [0.2, 0.25) is 0 Å². The van der Waals surface area contributed by atoms with Crippen LogP contribution in [-0.2, 0) is 10.9 Å². The monoisotopic (exact) mass is 339 g/mol. The van der Waals surface area contributed by atoms with E-state index in [0.29, 0.717) is 0 Å². The number of non-ortho nitro benzene ring substituents is 1. The molecule has 0 spiro atoms. The van der Waals surface area contributed by atoms with Crippen LogP contribution in [0.3, 0.4) is 0 Å². The summed E-state index contributed by atoms with van der Waals surface area (Å²) in [4.78, 5) is 22.1. The van der Waals surface area contributed by atoms with Gasteiger partial charge in [-0.25, -0.2) is 4.79 Å². The average molecular weight is 339 g/mol. The normalized spacial score (nSPS) is 11.2. The Morgan fingerprint density at radius 2 is 1.88 bits per heavy atom. The van der Waals surface area contributed by atoms with Gasteiger partial charge in [-0.1, -0.05) is 18.2 Å². The van der Waals surface area contributed by atoms with Crippen molar-refractivity contribution in [3.05, 3.63) is 63.7 Å². The van der Waals surface area contributed by atoms with Crippen LogP contribution >= 0.6 is 0 Å². The molecule has 2 aromatic carbocycles. The molecule has 0 saturated carbocycles. The van der Waals surface area contributed by atoms with Crippen LogP contribution in [0.25, 0.3) is 11.1 Å². The zero-order valence-electron chi connectivity index (χ0n) is 12.5. The molecule has 0 atom stereocenters. The van der Waals surface area contributed by atoms with Gasteiger partial charge in [0.1, 0.15) is 0 Å². The number of halogens is 3. The number of esters is 1. The molecule has 2 rings (SSSR count). The van der Waals surface area contributed by atoms with Gasteiger partial charge in [0, 0.05) is 12.1 Å². The van der Waals surface area contributed by atoms with E-state index in [9.17, 15) is 28.1 Å². The van der Waals surface area contributed by atoms with Gasteiger partial charge in [-0.3, -0.25) is 10.1 Å². The molecule has 0 saturated heterocycles. The number of benzene rings is 2. The number of hydrogen-bond acceptors (Lipinski definition) is 4. The lowest BCUT2D eigenvalue weighted by molar-refractivity contribution is -0.384. The van der Waals surface area contributed by atoms with Crippen LogP contribution in [0.2, 0.25) is 0 Å². The fourth-order valence-electron chi connectivity index (χ4n) is 2.19. The topological polar surface area (TPSA) is 69.4 Å². The summed E-state index contributed by atoms with van der Waals surface area (Å²) in [5, 5.41) is 11.0. The minimum absolute atomic E-state index is 0.0377. The third-order valence-electron chi connectivity index (χ3n) is 3.18. The fraction of sp³-hybridized carbons (Fsp3) is 0.188. The molecule has 2 aromatic rings. The number of rotatable bonds is 4. The van der Waals surface area contributed by atoms with Crippen LogP contribution in [0.5, 0.6) is 0 Å². The molecule has 0 aliphatic carbocycles. The number of ether oxygens (including phenoxy) is 1. The molecule has 0 heterocycles. The lowest BCUT2D eigenvalue weighted by Crippen LogP contribution is -2.08. The van der Waals surface area contributed by atoms with Crippen molar-refractivity contribution in [2.75, 3.05) is 6.61 Å². The first-order chi connectivity index (χ1) is 11.2. The zero-order valence-corrected chi connectivity index (χ0v) is 12.5. The van der Waals surface area contributed by atoms with Gasteiger partial charge in [-0.2, -0.15) is 13.2 Å². The molecule has 0 aromatic heterocycles. The molecule has 0 amide bonds. The molecule has 126 valence electrons. The second-order valence-corrected chi connectivity index (χ2v) is 4.79. The van der Waals surface area contributed by atoms with E-state index in [1.165, 1.54) is 18.2 Å². The average Bonchev–Trinajstić information content (AvgIpc) is 2.53. The Labute approximate surface area is 134 Å².